The largest absolute Gasteiger partial charge is 0.270 e. The van der Waals surface area contributed by atoms with Gasteiger partial charge in [-0.2, -0.15) is 0 Å². The smallest absolute Gasteiger partial charge is 0.258 e. The zero-order valence-corrected chi connectivity index (χ0v) is 8.98. The molecular formula is C12H13N2O2+. The predicted octanol–water partition coefficient (Wildman–Crippen LogP) is 1.75. The standard InChI is InChI=1S/C12H13N2O2/c15-14(16)10-4-3-9-5-7-13-6-1-2-12(13)11(9)8-10/h3-4,8H,1-2,5-7H2/q+1. The maximum atomic E-state index is 10.8. The molecule has 0 unspecified atom stereocenters. The molecular weight excluding hydrogens is 204 g/mol. The van der Waals surface area contributed by atoms with E-state index in [1.807, 2.05) is 6.07 Å². The minimum Gasteiger partial charge on any atom is -0.258 e. The van der Waals surface area contributed by atoms with Crippen LogP contribution in [0.3, 0.4) is 0 Å². The third kappa shape index (κ3) is 1.33. The fourth-order valence-corrected chi connectivity index (χ4v) is 2.70. The van der Waals surface area contributed by atoms with Crippen molar-refractivity contribution in [3.8, 4) is 0 Å². The van der Waals surface area contributed by atoms with Crippen LogP contribution in [-0.4, -0.2) is 28.3 Å². The minimum absolute atomic E-state index is 0.208. The summed E-state index contributed by atoms with van der Waals surface area (Å²) in [6, 6.07) is 5.27. The van der Waals surface area contributed by atoms with Gasteiger partial charge in [0.25, 0.3) is 5.69 Å². The fraction of sp³-hybridized carbons (Fsp3) is 0.417. The normalized spacial score (nSPS) is 18.2. The third-order valence-electron chi connectivity index (χ3n) is 3.49. The summed E-state index contributed by atoms with van der Waals surface area (Å²) in [7, 11) is 0. The lowest BCUT2D eigenvalue weighted by Crippen LogP contribution is -2.25. The second-order valence-electron chi connectivity index (χ2n) is 4.39. The molecule has 16 heavy (non-hydrogen) atoms. The summed E-state index contributed by atoms with van der Waals surface area (Å²) in [5.74, 6) is 0. The highest BCUT2D eigenvalue weighted by Gasteiger charge is 2.30. The second kappa shape index (κ2) is 3.40. The highest BCUT2D eigenvalue weighted by atomic mass is 16.6. The summed E-state index contributed by atoms with van der Waals surface area (Å²) >= 11 is 0. The van der Waals surface area contributed by atoms with Crippen molar-refractivity contribution in [1.82, 2.24) is 0 Å². The van der Waals surface area contributed by atoms with Gasteiger partial charge in [-0.25, -0.2) is 4.58 Å². The Hall–Kier alpha value is -1.71. The molecule has 0 spiro atoms. The van der Waals surface area contributed by atoms with E-state index in [1.165, 1.54) is 17.7 Å². The number of nitrogens with zero attached hydrogens (tertiary/aromatic N) is 2. The van der Waals surface area contributed by atoms with Crippen LogP contribution in [0.1, 0.15) is 24.0 Å². The van der Waals surface area contributed by atoms with Crippen LogP contribution in [0.2, 0.25) is 0 Å². The van der Waals surface area contributed by atoms with Gasteiger partial charge in [0, 0.05) is 31.4 Å². The van der Waals surface area contributed by atoms with Crippen molar-refractivity contribution in [3.63, 3.8) is 0 Å². The van der Waals surface area contributed by atoms with Crippen LogP contribution in [0.4, 0.5) is 5.69 Å². The molecule has 0 amide bonds. The molecule has 0 fully saturated rings. The third-order valence-corrected chi connectivity index (χ3v) is 3.49. The highest BCUT2D eigenvalue weighted by molar-refractivity contribution is 5.99. The first-order valence-electron chi connectivity index (χ1n) is 5.64. The van der Waals surface area contributed by atoms with Crippen molar-refractivity contribution in [3.05, 3.63) is 39.4 Å². The number of benzene rings is 1. The number of nitro groups is 1. The summed E-state index contributed by atoms with van der Waals surface area (Å²) in [5, 5.41) is 10.8. The quantitative estimate of drug-likeness (QED) is 0.408. The first-order valence-corrected chi connectivity index (χ1v) is 5.64. The molecule has 0 aromatic heterocycles. The van der Waals surface area contributed by atoms with Crippen LogP contribution in [-0.2, 0) is 6.42 Å². The van der Waals surface area contributed by atoms with Gasteiger partial charge in [0.1, 0.15) is 13.1 Å². The molecule has 1 aromatic carbocycles. The molecule has 0 N–H and O–H groups in total. The van der Waals surface area contributed by atoms with Crippen molar-refractivity contribution in [2.24, 2.45) is 0 Å². The number of non-ortho nitro benzene ring substituents is 1. The fourth-order valence-electron chi connectivity index (χ4n) is 2.70. The van der Waals surface area contributed by atoms with E-state index in [4.69, 9.17) is 0 Å². The molecule has 1 aromatic rings. The Morgan fingerprint density at radius 1 is 1.25 bits per heavy atom. The van der Waals surface area contributed by atoms with Crippen LogP contribution in [0.5, 0.6) is 0 Å². The van der Waals surface area contributed by atoms with E-state index in [0.29, 0.717) is 0 Å². The van der Waals surface area contributed by atoms with Gasteiger partial charge >= 0.3 is 0 Å². The molecule has 0 aliphatic carbocycles. The summed E-state index contributed by atoms with van der Waals surface area (Å²) in [6.45, 7) is 2.18. The van der Waals surface area contributed by atoms with Crippen molar-refractivity contribution >= 4 is 11.4 Å². The van der Waals surface area contributed by atoms with E-state index in [-0.39, 0.29) is 10.6 Å². The maximum absolute atomic E-state index is 10.8. The SMILES string of the molecule is O=[N+]([O-])c1ccc2c(c1)C1=[N+](CCC1)CC2. The van der Waals surface area contributed by atoms with E-state index < -0.39 is 0 Å². The van der Waals surface area contributed by atoms with Crippen LogP contribution in [0, 0.1) is 10.1 Å². The summed E-state index contributed by atoms with van der Waals surface area (Å²) < 4.78 is 2.37. The van der Waals surface area contributed by atoms with Crippen molar-refractivity contribution < 1.29 is 9.50 Å². The van der Waals surface area contributed by atoms with Gasteiger partial charge in [0.05, 0.1) is 10.5 Å². The Balaban J connectivity index is 2.14. The van der Waals surface area contributed by atoms with Crippen LogP contribution in [0.25, 0.3) is 0 Å². The molecule has 82 valence electrons. The minimum atomic E-state index is -0.311. The Morgan fingerprint density at radius 3 is 2.94 bits per heavy atom. The number of nitro benzene ring substituents is 1. The van der Waals surface area contributed by atoms with Gasteiger partial charge in [-0.05, 0) is 5.56 Å². The predicted molar refractivity (Wildman–Crippen MR) is 60.1 cm³/mol. The Bertz CT molecular complexity index is 506. The van der Waals surface area contributed by atoms with Crippen molar-refractivity contribution in [2.75, 3.05) is 13.1 Å². The molecule has 2 aliphatic heterocycles. The van der Waals surface area contributed by atoms with E-state index in [2.05, 4.69) is 4.58 Å². The van der Waals surface area contributed by atoms with Gasteiger partial charge in [-0.3, -0.25) is 10.1 Å². The number of hydrogen-bond acceptors (Lipinski definition) is 2. The average Bonchev–Trinajstić information content (AvgIpc) is 2.76. The Labute approximate surface area is 93.4 Å². The number of fused-ring (bicyclic) bond motifs is 2. The summed E-state index contributed by atoms with van der Waals surface area (Å²) in [6.07, 6.45) is 3.25. The van der Waals surface area contributed by atoms with Gasteiger partial charge in [0.15, 0.2) is 5.71 Å². The first kappa shape index (κ1) is 9.51. The lowest BCUT2D eigenvalue weighted by Gasteiger charge is -2.13. The zero-order valence-electron chi connectivity index (χ0n) is 8.98. The highest BCUT2D eigenvalue weighted by Crippen LogP contribution is 2.25. The number of rotatable bonds is 1. The summed E-state index contributed by atoms with van der Waals surface area (Å²) in [5.41, 5.74) is 3.89. The van der Waals surface area contributed by atoms with Crippen LogP contribution < -0.4 is 0 Å². The van der Waals surface area contributed by atoms with E-state index in [0.717, 1.165) is 31.5 Å². The van der Waals surface area contributed by atoms with E-state index in [9.17, 15) is 10.1 Å². The van der Waals surface area contributed by atoms with Crippen LogP contribution in [0.15, 0.2) is 18.2 Å². The average molecular weight is 217 g/mol. The van der Waals surface area contributed by atoms with Gasteiger partial charge < -0.3 is 0 Å². The van der Waals surface area contributed by atoms with E-state index in [1.54, 1.807) is 12.1 Å². The maximum Gasteiger partial charge on any atom is 0.270 e. The monoisotopic (exact) mass is 217 g/mol. The molecule has 0 radical (unpaired) electrons. The van der Waals surface area contributed by atoms with Gasteiger partial charge in [-0.15, -0.1) is 0 Å². The number of hydrogen-bond donors (Lipinski definition) is 0. The topological polar surface area (TPSA) is 46.1 Å². The van der Waals surface area contributed by atoms with E-state index >= 15 is 0 Å². The molecule has 0 saturated carbocycles. The lowest BCUT2D eigenvalue weighted by molar-refractivity contribution is -0.520. The molecule has 2 heterocycles. The Morgan fingerprint density at radius 2 is 2.12 bits per heavy atom. The van der Waals surface area contributed by atoms with Crippen molar-refractivity contribution in [1.29, 1.82) is 0 Å². The molecule has 0 atom stereocenters. The second-order valence-corrected chi connectivity index (χ2v) is 4.39. The van der Waals surface area contributed by atoms with Crippen molar-refractivity contribution in [2.45, 2.75) is 19.3 Å². The molecule has 2 aliphatic rings. The molecule has 0 bridgehead atoms. The summed E-state index contributed by atoms with van der Waals surface area (Å²) in [4.78, 5) is 10.5. The first-order chi connectivity index (χ1) is 7.75. The lowest BCUT2D eigenvalue weighted by atomic mass is 9.96. The molecule has 4 nitrogen and oxygen atoms in total. The zero-order chi connectivity index (χ0) is 11.1. The van der Waals surface area contributed by atoms with Crippen LogP contribution >= 0.6 is 0 Å². The Kier molecular flexibility index (Phi) is 2.02. The van der Waals surface area contributed by atoms with Gasteiger partial charge in [0.2, 0.25) is 0 Å². The molecule has 3 rings (SSSR count). The molecule has 4 heteroatoms. The molecule has 0 saturated heterocycles. The van der Waals surface area contributed by atoms with Gasteiger partial charge in [-0.1, -0.05) is 6.07 Å².